The predicted molar refractivity (Wildman–Crippen MR) is 73.1 cm³/mol. The number of rotatable bonds is 5. The highest BCUT2D eigenvalue weighted by Gasteiger charge is 2.34. The van der Waals surface area contributed by atoms with Gasteiger partial charge in [0, 0.05) is 31.5 Å². The fraction of sp³-hybridized carbons (Fsp3) is 0.357. The molecule has 1 aliphatic rings. The number of carboxylic acid groups (broad SMARTS) is 1. The number of hydrogen-bond acceptors (Lipinski definition) is 4. The van der Waals surface area contributed by atoms with Crippen molar-refractivity contribution >= 4 is 5.97 Å². The van der Waals surface area contributed by atoms with Gasteiger partial charge in [-0.3, -0.25) is 0 Å². The first kappa shape index (κ1) is 13.4. The first-order valence-electron chi connectivity index (χ1n) is 6.35. The summed E-state index contributed by atoms with van der Waals surface area (Å²) >= 11 is 0. The number of nitrogens with zero attached hydrogens (tertiary/aromatic N) is 1. The monoisotopic (exact) mass is 261 g/mol. The van der Waals surface area contributed by atoms with Crippen molar-refractivity contribution in [2.75, 3.05) is 6.54 Å². The van der Waals surface area contributed by atoms with Crippen LogP contribution in [0.1, 0.15) is 12.0 Å². The van der Waals surface area contributed by atoms with E-state index in [1.54, 1.807) is 11.1 Å². The molecular weight excluding hydrogens is 242 g/mol. The van der Waals surface area contributed by atoms with Crippen LogP contribution in [-0.4, -0.2) is 34.6 Å². The molecule has 1 heterocycles. The minimum Gasteiger partial charge on any atom is -0.480 e. The van der Waals surface area contributed by atoms with Gasteiger partial charge in [0.25, 0.3) is 0 Å². The lowest BCUT2D eigenvalue weighted by Crippen LogP contribution is -2.32. The number of carboxylic acids is 1. The summed E-state index contributed by atoms with van der Waals surface area (Å²) < 4.78 is 0. The number of benzene rings is 1. The van der Waals surface area contributed by atoms with Crippen LogP contribution in [0.25, 0.3) is 0 Å². The maximum atomic E-state index is 11.2. The third-order valence-electron chi connectivity index (χ3n) is 3.34. The van der Waals surface area contributed by atoms with Gasteiger partial charge in [-0.05, 0) is 12.0 Å². The highest BCUT2D eigenvalue weighted by molar-refractivity contribution is 5.74. The van der Waals surface area contributed by atoms with Gasteiger partial charge in [0.2, 0.25) is 0 Å². The zero-order valence-electron chi connectivity index (χ0n) is 10.7. The highest BCUT2D eigenvalue weighted by Crippen LogP contribution is 2.18. The standard InChI is InChI=1S/C14H19N3O2/c15-6-7-17-10-12(8-13(17)14(18)19)16-9-11-4-2-1-3-5-11/h1-7,12-13,16H,8-10,15H2,(H,18,19)/t12-,13+/m1/s1. The zero-order valence-corrected chi connectivity index (χ0v) is 10.7. The van der Waals surface area contributed by atoms with Crippen LogP contribution in [0.5, 0.6) is 0 Å². The molecule has 2 atom stereocenters. The van der Waals surface area contributed by atoms with Gasteiger partial charge >= 0.3 is 5.97 Å². The normalized spacial score (nSPS) is 23.1. The SMILES string of the molecule is NC=CN1C[C@H](NCc2ccccc2)C[C@H]1C(=O)O. The summed E-state index contributed by atoms with van der Waals surface area (Å²) in [6.07, 6.45) is 3.62. The summed E-state index contributed by atoms with van der Waals surface area (Å²) in [6.45, 7) is 1.41. The number of carbonyl (C=O) groups is 1. The Balaban J connectivity index is 1.91. The number of likely N-dealkylation sites (tertiary alicyclic amines) is 1. The molecule has 0 aliphatic carbocycles. The van der Waals surface area contributed by atoms with Crippen molar-refractivity contribution in [3.63, 3.8) is 0 Å². The van der Waals surface area contributed by atoms with Crippen molar-refractivity contribution in [1.29, 1.82) is 0 Å². The van der Waals surface area contributed by atoms with E-state index in [1.807, 2.05) is 30.3 Å². The fourth-order valence-electron chi connectivity index (χ4n) is 2.39. The van der Waals surface area contributed by atoms with E-state index in [9.17, 15) is 4.79 Å². The van der Waals surface area contributed by atoms with Gasteiger partial charge in [0.15, 0.2) is 0 Å². The first-order valence-corrected chi connectivity index (χ1v) is 6.35. The van der Waals surface area contributed by atoms with Crippen LogP contribution in [0.2, 0.25) is 0 Å². The van der Waals surface area contributed by atoms with E-state index in [0.717, 1.165) is 6.54 Å². The summed E-state index contributed by atoms with van der Waals surface area (Å²) in [5.41, 5.74) is 6.54. The molecule has 19 heavy (non-hydrogen) atoms. The molecule has 4 N–H and O–H groups in total. The van der Waals surface area contributed by atoms with Crippen molar-refractivity contribution in [2.24, 2.45) is 5.73 Å². The van der Waals surface area contributed by atoms with Crippen molar-refractivity contribution in [2.45, 2.75) is 25.0 Å². The Morgan fingerprint density at radius 2 is 2.21 bits per heavy atom. The molecule has 0 aromatic heterocycles. The zero-order chi connectivity index (χ0) is 13.7. The molecule has 1 aromatic carbocycles. The van der Waals surface area contributed by atoms with E-state index in [0.29, 0.717) is 13.0 Å². The largest absolute Gasteiger partial charge is 0.480 e. The molecule has 5 nitrogen and oxygen atoms in total. The summed E-state index contributed by atoms with van der Waals surface area (Å²) in [7, 11) is 0. The average molecular weight is 261 g/mol. The van der Waals surface area contributed by atoms with E-state index in [1.165, 1.54) is 11.8 Å². The highest BCUT2D eigenvalue weighted by atomic mass is 16.4. The van der Waals surface area contributed by atoms with Crippen LogP contribution in [-0.2, 0) is 11.3 Å². The van der Waals surface area contributed by atoms with Gasteiger partial charge < -0.3 is 21.1 Å². The van der Waals surface area contributed by atoms with Crippen molar-refractivity contribution in [1.82, 2.24) is 10.2 Å². The van der Waals surface area contributed by atoms with Gasteiger partial charge in [0.1, 0.15) is 6.04 Å². The molecular formula is C14H19N3O2. The molecule has 1 aliphatic heterocycles. The number of hydrogen-bond donors (Lipinski definition) is 3. The lowest BCUT2D eigenvalue weighted by atomic mass is 10.1. The molecule has 0 bridgehead atoms. The topological polar surface area (TPSA) is 78.6 Å². The van der Waals surface area contributed by atoms with Gasteiger partial charge in [-0.15, -0.1) is 0 Å². The van der Waals surface area contributed by atoms with Crippen molar-refractivity contribution in [3.05, 3.63) is 48.3 Å². The predicted octanol–water partition coefficient (Wildman–Crippen LogP) is 0.734. The van der Waals surface area contributed by atoms with E-state index in [4.69, 9.17) is 10.8 Å². The van der Waals surface area contributed by atoms with Gasteiger partial charge in [-0.2, -0.15) is 0 Å². The van der Waals surface area contributed by atoms with Crippen LogP contribution >= 0.6 is 0 Å². The van der Waals surface area contributed by atoms with Crippen LogP contribution in [0.4, 0.5) is 0 Å². The molecule has 1 fully saturated rings. The average Bonchev–Trinajstić information content (AvgIpc) is 2.81. The van der Waals surface area contributed by atoms with E-state index in [2.05, 4.69) is 5.32 Å². The fourth-order valence-corrected chi connectivity index (χ4v) is 2.39. The molecule has 102 valence electrons. The molecule has 0 saturated carbocycles. The Morgan fingerprint density at radius 1 is 1.47 bits per heavy atom. The second-order valence-corrected chi connectivity index (χ2v) is 4.69. The number of nitrogens with one attached hydrogen (secondary N) is 1. The second-order valence-electron chi connectivity index (χ2n) is 4.69. The van der Waals surface area contributed by atoms with Crippen molar-refractivity contribution in [3.8, 4) is 0 Å². The quantitative estimate of drug-likeness (QED) is 0.728. The molecule has 1 saturated heterocycles. The summed E-state index contributed by atoms with van der Waals surface area (Å²) in [4.78, 5) is 12.9. The van der Waals surface area contributed by atoms with Crippen molar-refractivity contribution < 1.29 is 9.90 Å². The van der Waals surface area contributed by atoms with Gasteiger partial charge in [-0.1, -0.05) is 30.3 Å². The molecule has 0 amide bonds. The smallest absolute Gasteiger partial charge is 0.326 e. The Bertz CT molecular complexity index is 447. The molecule has 1 aromatic rings. The first-order chi connectivity index (χ1) is 9.20. The van der Waals surface area contributed by atoms with E-state index < -0.39 is 12.0 Å². The Labute approximate surface area is 112 Å². The lowest BCUT2D eigenvalue weighted by molar-refractivity contribution is -0.141. The Kier molecular flexibility index (Phi) is 4.41. The van der Waals surface area contributed by atoms with Crippen LogP contribution in [0.15, 0.2) is 42.7 Å². The minimum atomic E-state index is -0.804. The molecule has 2 rings (SSSR count). The second kappa shape index (κ2) is 6.24. The number of nitrogens with two attached hydrogens (primary N) is 1. The lowest BCUT2D eigenvalue weighted by Gasteiger charge is -2.17. The van der Waals surface area contributed by atoms with Crippen LogP contribution in [0, 0.1) is 0 Å². The third-order valence-corrected chi connectivity index (χ3v) is 3.34. The van der Waals surface area contributed by atoms with Gasteiger partial charge in [0.05, 0.1) is 0 Å². The maximum Gasteiger partial charge on any atom is 0.326 e. The third kappa shape index (κ3) is 3.48. The molecule has 0 unspecified atom stereocenters. The molecule has 5 heteroatoms. The summed E-state index contributed by atoms with van der Waals surface area (Å²) in [6, 6.07) is 9.74. The van der Waals surface area contributed by atoms with E-state index in [-0.39, 0.29) is 6.04 Å². The molecule has 0 spiro atoms. The van der Waals surface area contributed by atoms with Gasteiger partial charge in [-0.25, -0.2) is 4.79 Å². The van der Waals surface area contributed by atoms with E-state index >= 15 is 0 Å². The van der Waals surface area contributed by atoms with Crippen LogP contribution in [0.3, 0.4) is 0 Å². The Morgan fingerprint density at radius 3 is 2.84 bits per heavy atom. The summed E-state index contributed by atoms with van der Waals surface area (Å²) in [5, 5.41) is 12.6. The Hall–Kier alpha value is -2.01. The van der Waals surface area contributed by atoms with Crippen LogP contribution < -0.4 is 11.1 Å². The number of aliphatic carboxylic acids is 1. The maximum absolute atomic E-state index is 11.2. The minimum absolute atomic E-state index is 0.164. The summed E-state index contributed by atoms with van der Waals surface area (Å²) in [5.74, 6) is -0.804. The molecule has 0 radical (unpaired) electrons.